The molecule has 0 spiro atoms. The van der Waals surface area contributed by atoms with Crippen molar-refractivity contribution in [3.63, 3.8) is 0 Å². The van der Waals surface area contributed by atoms with E-state index in [4.69, 9.17) is 0 Å². The second-order valence-electron chi connectivity index (χ2n) is 6.13. The number of aryl methyl sites for hydroxylation is 1. The van der Waals surface area contributed by atoms with Crippen LogP contribution in [0.1, 0.15) is 40.9 Å². The van der Waals surface area contributed by atoms with Gasteiger partial charge < -0.3 is 0 Å². The molecule has 3 rings (SSSR count). The number of sulfonamides is 1. The van der Waals surface area contributed by atoms with E-state index in [1.165, 1.54) is 0 Å². The van der Waals surface area contributed by atoms with Gasteiger partial charge in [-0.15, -0.1) is 10.2 Å². The molecule has 0 saturated carbocycles. The zero-order valence-corrected chi connectivity index (χ0v) is 17.0. The molecule has 0 aliphatic carbocycles. The summed E-state index contributed by atoms with van der Waals surface area (Å²) < 4.78 is 27.8. The first kappa shape index (κ1) is 20.1. The molecule has 1 heterocycles. The summed E-state index contributed by atoms with van der Waals surface area (Å²) in [7, 11) is -3.86. The highest BCUT2D eigenvalue weighted by molar-refractivity contribution is 7.91. The maximum Gasteiger partial charge on any atom is 0.270 e. The number of aromatic nitrogens is 2. The minimum atomic E-state index is -3.86. The van der Waals surface area contributed by atoms with Gasteiger partial charge in [0.1, 0.15) is 0 Å². The van der Waals surface area contributed by atoms with Gasteiger partial charge in [-0.1, -0.05) is 66.8 Å². The van der Waals surface area contributed by atoms with Crippen LogP contribution < -0.4 is 10.0 Å². The molecule has 0 saturated heterocycles. The normalized spacial score (nSPS) is 12.5. The summed E-state index contributed by atoms with van der Waals surface area (Å²) >= 11 is 0.812. The highest BCUT2D eigenvalue weighted by Crippen LogP contribution is 2.24. The smallest absolute Gasteiger partial charge is 0.270 e. The molecule has 9 heteroatoms. The van der Waals surface area contributed by atoms with Crippen molar-refractivity contribution in [3.8, 4) is 0 Å². The van der Waals surface area contributed by atoms with Crippen LogP contribution in [0.2, 0.25) is 0 Å². The third kappa shape index (κ3) is 4.61. The minimum absolute atomic E-state index is 0.126. The van der Waals surface area contributed by atoms with Gasteiger partial charge in [-0.2, -0.15) is 0 Å². The van der Waals surface area contributed by atoms with Crippen molar-refractivity contribution in [2.24, 2.45) is 0 Å². The zero-order chi connectivity index (χ0) is 20.1. The Hall–Kier alpha value is -2.62. The van der Waals surface area contributed by atoms with Gasteiger partial charge in [0.15, 0.2) is 0 Å². The van der Waals surface area contributed by atoms with Crippen molar-refractivity contribution in [1.82, 2.24) is 14.9 Å². The van der Waals surface area contributed by atoms with E-state index in [0.717, 1.165) is 22.5 Å². The quantitative estimate of drug-likeness (QED) is 0.574. The van der Waals surface area contributed by atoms with Gasteiger partial charge >= 0.3 is 0 Å². The molecule has 0 radical (unpaired) electrons. The number of benzene rings is 2. The Morgan fingerprint density at radius 3 is 2.43 bits per heavy atom. The van der Waals surface area contributed by atoms with Crippen LogP contribution in [-0.4, -0.2) is 24.5 Å². The van der Waals surface area contributed by atoms with E-state index in [1.807, 2.05) is 56.3 Å². The lowest BCUT2D eigenvalue weighted by Crippen LogP contribution is -2.28. The summed E-state index contributed by atoms with van der Waals surface area (Å²) in [6.07, 6.45) is 0.582. The van der Waals surface area contributed by atoms with Crippen molar-refractivity contribution in [1.29, 1.82) is 0 Å². The van der Waals surface area contributed by atoms with Crippen LogP contribution in [0.15, 0.2) is 58.9 Å². The molecule has 0 fully saturated rings. The van der Waals surface area contributed by atoms with E-state index in [9.17, 15) is 13.2 Å². The highest BCUT2D eigenvalue weighted by Gasteiger charge is 2.25. The largest absolute Gasteiger partial charge is 0.296 e. The maximum absolute atomic E-state index is 12.7. The van der Waals surface area contributed by atoms with E-state index >= 15 is 0 Å². The van der Waals surface area contributed by atoms with Gasteiger partial charge in [0.25, 0.3) is 15.9 Å². The molecule has 2 aromatic carbocycles. The van der Waals surface area contributed by atoms with E-state index < -0.39 is 10.0 Å². The van der Waals surface area contributed by atoms with Gasteiger partial charge in [0.05, 0.1) is 0 Å². The predicted octanol–water partition coefficient (Wildman–Crippen LogP) is 3.53. The molecule has 1 amide bonds. The summed E-state index contributed by atoms with van der Waals surface area (Å²) in [6, 6.07) is 16.1. The molecule has 7 nitrogen and oxygen atoms in total. The van der Waals surface area contributed by atoms with Crippen molar-refractivity contribution in [3.05, 3.63) is 71.3 Å². The van der Waals surface area contributed by atoms with Gasteiger partial charge in [0, 0.05) is 11.6 Å². The van der Waals surface area contributed by atoms with Crippen molar-refractivity contribution in [2.45, 2.75) is 30.6 Å². The van der Waals surface area contributed by atoms with Crippen LogP contribution in [0, 0.1) is 6.92 Å². The van der Waals surface area contributed by atoms with Gasteiger partial charge in [0.2, 0.25) is 9.47 Å². The Kier molecular flexibility index (Phi) is 6.18. The van der Waals surface area contributed by atoms with E-state index in [0.29, 0.717) is 12.0 Å². The standard InChI is InChI=1S/C19H20N4O3S2/c1-3-16(14-10-5-4-6-11-14)23-28(25,26)19-22-21-18(27-19)20-17(24)15-12-8-7-9-13(15)2/h4-12,16,23H,3H2,1-2H3,(H,20,21,24)/t16-/m0/s1. The highest BCUT2D eigenvalue weighted by atomic mass is 32.2. The average Bonchev–Trinajstić information content (AvgIpc) is 3.16. The number of anilines is 1. The number of hydrogen-bond acceptors (Lipinski definition) is 6. The zero-order valence-electron chi connectivity index (χ0n) is 15.4. The summed E-state index contributed by atoms with van der Waals surface area (Å²) in [6.45, 7) is 3.72. The minimum Gasteiger partial charge on any atom is -0.296 e. The summed E-state index contributed by atoms with van der Waals surface area (Å²) in [4.78, 5) is 12.4. The first-order chi connectivity index (χ1) is 13.4. The molecular formula is C19H20N4O3S2. The van der Waals surface area contributed by atoms with Crippen LogP contribution >= 0.6 is 11.3 Å². The Balaban J connectivity index is 1.75. The lowest BCUT2D eigenvalue weighted by Gasteiger charge is -2.16. The lowest BCUT2D eigenvalue weighted by atomic mass is 10.1. The summed E-state index contributed by atoms with van der Waals surface area (Å²) in [5, 5.41) is 10.3. The van der Waals surface area contributed by atoms with Crippen molar-refractivity contribution >= 4 is 32.4 Å². The number of nitrogens with one attached hydrogen (secondary N) is 2. The third-order valence-electron chi connectivity index (χ3n) is 4.15. The maximum atomic E-state index is 12.7. The molecule has 2 N–H and O–H groups in total. The van der Waals surface area contributed by atoms with Crippen LogP contribution in [0.25, 0.3) is 0 Å². The first-order valence-electron chi connectivity index (χ1n) is 8.68. The van der Waals surface area contributed by atoms with Crippen LogP contribution in [-0.2, 0) is 10.0 Å². The van der Waals surface area contributed by atoms with Crippen molar-refractivity contribution < 1.29 is 13.2 Å². The van der Waals surface area contributed by atoms with Gasteiger partial charge in [-0.25, -0.2) is 13.1 Å². The molecule has 1 aromatic heterocycles. The molecule has 28 heavy (non-hydrogen) atoms. The molecule has 3 aromatic rings. The second kappa shape index (κ2) is 8.59. The molecule has 146 valence electrons. The van der Waals surface area contributed by atoms with E-state index in [-0.39, 0.29) is 21.4 Å². The Morgan fingerprint density at radius 2 is 1.75 bits per heavy atom. The number of hydrogen-bond donors (Lipinski definition) is 2. The average molecular weight is 417 g/mol. The second-order valence-corrected chi connectivity index (χ2v) is 9.00. The number of rotatable bonds is 7. The van der Waals surface area contributed by atoms with E-state index in [1.54, 1.807) is 12.1 Å². The van der Waals surface area contributed by atoms with Crippen molar-refractivity contribution in [2.75, 3.05) is 5.32 Å². The number of nitrogens with zero attached hydrogens (tertiary/aromatic N) is 2. The summed E-state index contributed by atoms with van der Waals surface area (Å²) in [5.74, 6) is -0.359. The monoisotopic (exact) mass is 416 g/mol. The lowest BCUT2D eigenvalue weighted by molar-refractivity contribution is 0.102. The molecule has 0 aliphatic heterocycles. The number of amides is 1. The molecule has 1 atom stereocenters. The fourth-order valence-electron chi connectivity index (χ4n) is 2.67. The molecule has 0 bridgehead atoms. The number of carbonyl (C=O) groups is 1. The van der Waals surface area contributed by atoms with Gasteiger partial charge in [-0.3, -0.25) is 10.1 Å². The Morgan fingerprint density at radius 1 is 1.07 bits per heavy atom. The van der Waals surface area contributed by atoms with Crippen LogP contribution in [0.5, 0.6) is 0 Å². The summed E-state index contributed by atoms with van der Waals surface area (Å²) in [5.41, 5.74) is 2.18. The first-order valence-corrected chi connectivity index (χ1v) is 11.0. The molecular weight excluding hydrogens is 396 g/mol. The number of carbonyl (C=O) groups excluding carboxylic acids is 1. The van der Waals surface area contributed by atoms with E-state index in [2.05, 4.69) is 20.2 Å². The van der Waals surface area contributed by atoms with Gasteiger partial charge in [-0.05, 0) is 30.5 Å². The fourth-order valence-corrected chi connectivity index (χ4v) is 4.89. The van der Waals surface area contributed by atoms with Crippen LogP contribution in [0.4, 0.5) is 5.13 Å². The fraction of sp³-hybridized carbons (Fsp3) is 0.211. The topological polar surface area (TPSA) is 101 Å². The Bertz CT molecular complexity index is 1070. The third-order valence-corrected chi connectivity index (χ3v) is 6.83. The molecule has 0 aliphatic rings. The van der Waals surface area contributed by atoms with Crippen LogP contribution in [0.3, 0.4) is 0 Å². The molecule has 0 unspecified atom stereocenters. The SMILES string of the molecule is CC[C@H](NS(=O)(=O)c1nnc(NC(=O)c2ccccc2C)s1)c1ccccc1. The predicted molar refractivity (Wildman–Crippen MR) is 109 cm³/mol. The Labute approximate surface area is 167 Å².